The van der Waals surface area contributed by atoms with Crippen molar-refractivity contribution in [2.24, 2.45) is 5.92 Å². The lowest BCUT2D eigenvalue weighted by molar-refractivity contribution is 0.0937. The van der Waals surface area contributed by atoms with Crippen LogP contribution < -0.4 is 15.8 Å². The summed E-state index contributed by atoms with van der Waals surface area (Å²) in [5, 5.41) is 2.86. The molecular formula is C18H24N6O2. The molecule has 0 aliphatic carbocycles. The minimum Gasteiger partial charge on any atom is -0.344 e. The first kappa shape index (κ1) is 18.0. The second-order valence-corrected chi connectivity index (χ2v) is 6.88. The first-order valence-electron chi connectivity index (χ1n) is 8.87. The summed E-state index contributed by atoms with van der Waals surface area (Å²) in [6.07, 6.45) is 5.04. The van der Waals surface area contributed by atoms with E-state index in [4.69, 9.17) is 0 Å². The summed E-state index contributed by atoms with van der Waals surface area (Å²) in [7, 11) is 0. The number of aromatic amines is 1. The summed E-state index contributed by atoms with van der Waals surface area (Å²) in [4.78, 5) is 41.9. The highest BCUT2D eigenvalue weighted by atomic mass is 16.1. The molecule has 8 nitrogen and oxygen atoms in total. The van der Waals surface area contributed by atoms with Crippen molar-refractivity contribution in [1.82, 2.24) is 25.3 Å². The van der Waals surface area contributed by atoms with Crippen molar-refractivity contribution in [2.45, 2.75) is 39.7 Å². The molecule has 8 heteroatoms. The molecule has 1 aliphatic heterocycles. The maximum atomic E-state index is 12.4. The monoisotopic (exact) mass is 356 g/mol. The Bertz CT molecular complexity index is 842. The van der Waals surface area contributed by atoms with Crippen molar-refractivity contribution >= 4 is 11.9 Å². The number of hydrogen-bond donors (Lipinski definition) is 2. The predicted molar refractivity (Wildman–Crippen MR) is 98.1 cm³/mol. The number of amides is 1. The van der Waals surface area contributed by atoms with Crippen molar-refractivity contribution in [2.75, 3.05) is 18.0 Å². The van der Waals surface area contributed by atoms with Crippen LogP contribution in [0, 0.1) is 12.8 Å². The van der Waals surface area contributed by atoms with Crippen LogP contribution >= 0.6 is 0 Å². The smallest absolute Gasteiger partial charge is 0.255 e. The molecule has 138 valence electrons. The minimum absolute atomic E-state index is 0.219. The number of carbonyl (C=O) groups excluding carboxylic acids is 1. The number of anilines is 1. The lowest BCUT2D eigenvalue weighted by Gasteiger charge is -2.31. The molecule has 1 atom stereocenters. The zero-order valence-corrected chi connectivity index (χ0v) is 15.3. The quantitative estimate of drug-likeness (QED) is 0.862. The summed E-state index contributed by atoms with van der Waals surface area (Å²) < 4.78 is 0. The molecule has 0 spiro atoms. The number of hydrogen-bond acceptors (Lipinski definition) is 6. The zero-order chi connectivity index (χ0) is 18.7. The Labute approximate surface area is 152 Å². The van der Waals surface area contributed by atoms with E-state index in [1.54, 1.807) is 13.8 Å². The van der Waals surface area contributed by atoms with Gasteiger partial charge in [-0.15, -0.1) is 0 Å². The van der Waals surface area contributed by atoms with Gasteiger partial charge < -0.3 is 10.2 Å². The largest absolute Gasteiger partial charge is 0.344 e. The lowest BCUT2D eigenvalue weighted by Crippen LogP contribution is -2.36. The first-order valence-corrected chi connectivity index (χ1v) is 8.87. The average Bonchev–Trinajstić information content (AvgIpc) is 2.62. The Morgan fingerprint density at radius 2 is 2.12 bits per heavy atom. The minimum atomic E-state index is -0.410. The Hall–Kier alpha value is -2.77. The fraction of sp³-hybridized carbons (Fsp3) is 0.500. The number of H-pyrrole nitrogens is 1. The van der Waals surface area contributed by atoms with E-state index in [0.29, 0.717) is 28.8 Å². The van der Waals surface area contributed by atoms with Crippen LogP contribution in [0.25, 0.3) is 0 Å². The summed E-state index contributed by atoms with van der Waals surface area (Å²) in [5.74, 6) is 0.974. The lowest BCUT2D eigenvalue weighted by atomic mass is 10.00. The van der Waals surface area contributed by atoms with Crippen LogP contribution in [0.5, 0.6) is 0 Å². The Balaban J connectivity index is 1.77. The summed E-state index contributed by atoms with van der Waals surface area (Å²) in [6.45, 7) is 7.53. The summed E-state index contributed by atoms with van der Waals surface area (Å²) >= 11 is 0. The standard InChI is InChI=1S/C18H24N6O2/c1-11-4-6-24(7-5-11)18-22-15(8-16(25)23-18)13(3)21-17(26)14-9-19-10-20-12(14)2/h8-11,13H,4-7H2,1-3H3,(H,21,26)(H,22,23,25)/t13-/m1/s1. The number of nitrogens with one attached hydrogen (secondary N) is 2. The molecule has 26 heavy (non-hydrogen) atoms. The first-order chi connectivity index (χ1) is 12.4. The fourth-order valence-electron chi connectivity index (χ4n) is 3.02. The second-order valence-electron chi connectivity index (χ2n) is 6.88. The molecule has 1 aliphatic rings. The van der Waals surface area contributed by atoms with Crippen LogP contribution in [0.15, 0.2) is 23.4 Å². The number of aryl methyl sites for hydroxylation is 1. The van der Waals surface area contributed by atoms with Gasteiger partial charge in [-0.25, -0.2) is 15.0 Å². The highest BCUT2D eigenvalue weighted by Gasteiger charge is 2.20. The maximum absolute atomic E-state index is 12.4. The molecule has 2 aromatic heterocycles. The molecule has 0 radical (unpaired) electrons. The molecule has 1 fully saturated rings. The average molecular weight is 356 g/mol. The fourth-order valence-corrected chi connectivity index (χ4v) is 3.02. The molecule has 0 unspecified atom stereocenters. The third-order valence-corrected chi connectivity index (χ3v) is 4.78. The number of piperidine rings is 1. The highest BCUT2D eigenvalue weighted by Crippen LogP contribution is 2.20. The van der Waals surface area contributed by atoms with Gasteiger partial charge in [-0.05, 0) is 32.6 Å². The zero-order valence-electron chi connectivity index (χ0n) is 15.3. The number of nitrogens with zero attached hydrogens (tertiary/aromatic N) is 4. The van der Waals surface area contributed by atoms with Crippen LogP contribution in [0.1, 0.15) is 54.5 Å². The normalized spacial score (nSPS) is 16.3. The second kappa shape index (κ2) is 7.63. The van der Waals surface area contributed by atoms with Gasteiger partial charge in [0.05, 0.1) is 23.0 Å². The SMILES string of the molecule is Cc1ncncc1C(=O)N[C@H](C)c1cc(=O)[nH]c(N2CCC(C)CC2)n1. The van der Waals surface area contributed by atoms with E-state index >= 15 is 0 Å². The van der Waals surface area contributed by atoms with Gasteiger partial charge in [-0.2, -0.15) is 0 Å². The molecule has 1 saturated heterocycles. The van der Waals surface area contributed by atoms with E-state index in [1.165, 1.54) is 18.6 Å². The van der Waals surface area contributed by atoms with E-state index in [2.05, 4.69) is 37.1 Å². The Morgan fingerprint density at radius 3 is 2.81 bits per heavy atom. The van der Waals surface area contributed by atoms with E-state index in [9.17, 15) is 9.59 Å². The van der Waals surface area contributed by atoms with E-state index < -0.39 is 6.04 Å². The van der Waals surface area contributed by atoms with Crippen molar-refractivity contribution in [1.29, 1.82) is 0 Å². The van der Waals surface area contributed by atoms with Crippen molar-refractivity contribution in [3.63, 3.8) is 0 Å². The molecule has 3 rings (SSSR count). The van der Waals surface area contributed by atoms with Gasteiger partial charge in [0, 0.05) is 25.4 Å². The van der Waals surface area contributed by atoms with E-state index in [-0.39, 0.29) is 11.5 Å². The van der Waals surface area contributed by atoms with Crippen molar-refractivity contribution in [3.8, 4) is 0 Å². The highest BCUT2D eigenvalue weighted by molar-refractivity contribution is 5.95. The number of rotatable bonds is 4. The molecular weight excluding hydrogens is 332 g/mol. The molecule has 2 N–H and O–H groups in total. The molecule has 0 bridgehead atoms. The van der Waals surface area contributed by atoms with Gasteiger partial charge in [0.1, 0.15) is 6.33 Å². The number of aromatic nitrogens is 4. The van der Waals surface area contributed by atoms with Crippen molar-refractivity contribution in [3.05, 3.63) is 45.9 Å². The van der Waals surface area contributed by atoms with Crippen LogP contribution in [-0.4, -0.2) is 38.9 Å². The van der Waals surface area contributed by atoms with Crippen LogP contribution in [0.4, 0.5) is 5.95 Å². The Morgan fingerprint density at radius 1 is 1.38 bits per heavy atom. The maximum Gasteiger partial charge on any atom is 0.255 e. The van der Waals surface area contributed by atoms with E-state index in [0.717, 1.165) is 25.9 Å². The van der Waals surface area contributed by atoms with Crippen molar-refractivity contribution < 1.29 is 4.79 Å². The third-order valence-electron chi connectivity index (χ3n) is 4.78. The molecule has 1 amide bonds. The number of carbonyl (C=O) groups is 1. The van der Waals surface area contributed by atoms with Crippen LogP contribution in [0.2, 0.25) is 0 Å². The summed E-state index contributed by atoms with van der Waals surface area (Å²) in [5.41, 5.74) is 1.33. The summed E-state index contributed by atoms with van der Waals surface area (Å²) in [6, 6.07) is 1.02. The molecule has 0 saturated carbocycles. The molecule has 0 aromatic carbocycles. The van der Waals surface area contributed by atoms with Gasteiger partial charge in [-0.3, -0.25) is 14.6 Å². The van der Waals surface area contributed by atoms with Gasteiger partial charge in [0.25, 0.3) is 11.5 Å². The predicted octanol–water partition coefficient (Wildman–Crippen LogP) is 1.60. The Kier molecular flexibility index (Phi) is 5.29. The van der Waals surface area contributed by atoms with Gasteiger partial charge >= 0.3 is 0 Å². The van der Waals surface area contributed by atoms with Crippen LogP contribution in [-0.2, 0) is 0 Å². The van der Waals surface area contributed by atoms with E-state index in [1.807, 2.05) is 0 Å². The van der Waals surface area contributed by atoms with Gasteiger partial charge in [-0.1, -0.05) is 6.92 Å². The molecule has 3 heterocycles. The van der Waals surface area contributed by atoms with Gasteiger partial charge in [0.15, 0.2) is 0 Å². The third kappa shape index (κ3) is 4.07. The molecule has 2 aromatic rings. The van der Waals surface area contributed by atoms with Gasteiger partial charge in [0.2, 0.25) is 5.95 Å². The topological polar surface area (TPSA) is 104 Å². The van der Waals surface area contributed by atoms with Crippen LogP contribution in [0.3, 0.4) is 0 Å².